The number of methoxy groups -OCH3 is 1. The number of carbonyl (C=O) groups is 1. The van der Waals surface area contributed by atoms with Gasteiger partial charge in [0, 0.05) is 7.11 Å². The molecule has 7 nitrogen and oxygen atoms in total. The van der Waals surface area contributed by atoms with Crippen molar-refractivity contribution in [2.24, 2.45) is 5.73 Å². The van der Waals surface area contributed by atoms with Gasteiger partial charge in [-0.1, -0.05) is 0 Å². The summed E-state index contributed by atoms with van der Waals surface area (Å²) in [6.07, 6.45) is 0. The van der Waals surface area contributed by atoms with E-state index >= 15 is 0 Å². The second-order valence-corrected chi connectivity index (χ2v) is 5.81. The molecule has 9 heteroatoms. The van der Waals surface area contributed by atoms with Crippen LogP contribution in [0.5, 0.6) is 0 Å². The van der Waals surface area contributed by atoms with Crippen molar-refractivity contribution >= 4 is 33.8 Å². The number of aryl methyl sites for hydroxylation is 1. The van der Waals surface area contributed by atoms with E-state index in [0.717, 1.165) is 11.8 Å². The average Bonchev–Trinajstić information content (AvgIpc) is 2.94. The Morgan fingerprint density at radius 2 is 2.25 bits per heavy atom. The fourth-order valence-corrected chi connectivity index (χ4v) is 2.66. The van der Waals surface area contributed by atoms with E-state index in [1.54, 1.807) is 6.07 Å². The highest BCUT2D eigenvalue weighted by Crippen LogP contribution is 2.29. The third-order valence-electron chi connectivity index (χ3n) is 3.12. The molecule has 1 atom stereocenters. The second-order valence-electron chi connectivity index (χ2n) is 5.00. The van der Waals surface area contributed by atoms with E-state index in [1.165, 1.54) is 24.7 Å². The van der Waals surface area contributed by atoms with Crippen LogP contribution in [0.4, 0.5) is 20.8 Å². The molecule has 0 aliphatic carbocycles. The molecule has 0 radical (unpaired) electrons. The molecule has 1 aromatic heterocycles. The third kappa shape index (κ3) is 4.18. The molecule has 0 bridgehead atoms. The van der Waals surface area contributed by atoms with E-state index < -0.39 is 17.8 Å². The molecule has 4 N–H and O–H groups in total. The van der Waals surface area contributed by atoms with Crippen LogP contribution in [0.15, 0.2) is 18.2 Å². The average molecular weight is 349 g/mol. The van der Waals surface area contributed by atoms with Crippen LogP contribution in [0.3, 0.4) is 0 Å². The first kappa shape index (κ1) is 17.7. The molecule has 1 unspecified atom stereocenters. The van der Waals surface area contributed by atoms with Gasteiger partial charge in [0.15, 0.2) is 0 Å². The minimum Gasteiger partial charge on any atom is -0.382 e. The number of benzene rings is 1. The number of nitrogens with zero attached hydrogens (tertiary/aromatic N) is 2. The van der Waals surface area contributed by atoms with Gasteiger partial charge in [0.05, 0.1) is 29.2 Å². The molecule has 0 aliphatic rings. The van der Waals surface area contributed by atoms with Gasteiger partial charge in [-0.2, -0.15) is 9.64 Å². The van der Waals surface area contributed by atoms with E-state index in [-0.39, 0.29) is 17.9 Å². The fourth-order valence-electron chi connectivity index (χ4n) is 1.98. The van der Waals surface area contributed by atoms with Gasteiger partial charge < -0.3 is 21.1 Å². The van der Waals surface area contributed by atoms with Gasteiger partial charge in [-0.15, -0.1) is 0 Å². The summed E-state index contributed by atoms with van der Waals surface area (Å²) >= 11 is 1.22. The quantitative estimate of drug-likeness (QED) is 0.706. The van der Waals surface area contributed by atoms with Crippen molar-refractivity contribution in [1.82, 2.24) is 4.37 Å². The summed E-state index contributed by atoms with van der Waals surface area (Å²) in [4.78, 5) is 11.4. The predicted octanol–water partition coefficient (Wildman–Crippen LogP) is 2.12. The van der Waals surface area contributed by atoms with Crippen LogP contribution in [0.25, 0.3) is 0 Å². The predicted molar refractivity (Wildman–Crippen MR) is 89.7 cm³/mol. The van der Waals surface area contributed by atoms with Crippen molar-refractivity contribution in [3.8, 4) is 6.07 Å². The number of rotatable bonds is 7. The molecule has 0 aliphatic heterocycles. The lowest BCUT2D eigenvalue weighted by molar-refractivity contribution is -0.119. The Morgan fingerprint density at radius 1 is 1.50 bits per heavy atom. The highest BCUT2D eigenvalue weighted by Gasteiger charge is 2.18. The molecule has 2 rings (SSSR count). The summed E-state index contributed by atoms with van der Waals surface area (Å²) < 4.78 is 23.2. The van der Waals surface area contributed by atoms with Crippen molar-refractivity contribution in [1.29, 1.82) is 5.26 Å². The highest BCUT2D eigenvalue weighted by atomic mass is 32.1. The van der Waals surface area contributed by atoms with Crippen LogP contribution >= 0.6 is 11.5 Å². The van der Waals surface area contributed by atoms with Gasteiger partial charge in [-0.3, -0.25) is 4.79 Å². The summed E-state index contributed by atoms with van der Waals surface area (Å²) in [7, 11) is 1.41. The molecule has 0 fully saturated rings. The van der Waals surface area contributed by atoms with Crippen LogP contribution in [-0.2, 0) is 9.53 Å². The van der Waals surface area contributed by atoms with E-state index in [0.29, 0.717) is 10.7 Å². The lowest BCUT2D eigenvalue weighted by Crippen LogP contribution is -2.39. The Labute approximate surface area is 142 Å². The van der Waals surface area contributed by atoms with Crippen LogP contribution in [0, 0.1) is 24.1 Å². The molecule has 0 saturated carbocycles. The topological polar surface area (TPSA) is 113 Å². The highest BCUT2D eigenvalue weighted by molar-refractivity contribution is 7.10. The van der Waals surface area contributed by atoms with Gasteiger partial charge >= 0.3 is 0 Å². The first-order valence-corrected chi connectivity index (χ1v) is 7.70. The number of primary amides is 1. The number of halogens is 1. The summed E-state index contributed by atoms with van der Waals surface area (Å²) in [5.74, 6) is -1.34. The monoisotopic (exact) mass is 349 g/mol. The molecule has 1 heterocycles. The van der Waals surface area contributed by atoms with Crippen molar-refractivity contribution in [3.63, 3.8) is 0 Å². The number of nitrogens with one attached hydrogen (secondary N) is 2. The zero-order chi connectivity index (χ0) is 17.7. The number of nitriles is 1. The molecule has 2 aromatic rings. The molecule has 0 saturated heterocycles. The number of aromatic nitrogens is 1. The van der Waals surface area contributed by atoms with Crippen LogP contribution in [0.1, 0.15) is 11.3 Å². The number of amides is 1. The largest absolute Gasteiger partial charge is 0.382 e. The number of ether oxygens (including phenoxy) is 1. The molecule has 1 amide bonds. The molecule has 126 valence electrons. The minimum absolute atomic E-state index is 0.00836. The summed E-state index contributed by atoms with van der Waals surface area (Å²) in [5, 5.41) is 15.6. The number of nitrogens with two attached hydrogens (primary N) is 1. The van der Waals surface area contributed by atoms with Crippen molar-refractivity contribution in [3.05, 3.63) is 35.3 Å². The van der Waals surface area contributed by atoms with Crippen LogP contribution in [-0.4, -0.2) is 30.0 Å². The van der Waals surface area contributed by atoms with Gasteiger partial charge in [0.25, 0.3) is 0 Å². The van der Waals surface area contributed by atoms with E-state index in [9.17, 15) is 14.4 Å². The minimum atomic E-state index is -0.893. The lowest BCUT2D eigenvalue weighted by atomic mass is 10.1. The molecule has 0 spiro atoms. The van der Waals surface area contributed by atoms with E-state index in [4.69, 9.17) is 10.5 Å². The maximum atomic E-state index is 14.2. The third-order valence-corrected chi connectivity index (χ3v) is 3.92. The zero-order valence-corrected chi connectivity index (χ0v) is 13.9. The fraction of sp³-hybridized carbons (Fsp3) is 0.267. The van der Waals surface area contributed by atoms with E-state index in [1.807, 2.05) is 13.0 Å². The molecule has 24 heavy (non-hydrogen) atoms. The van der Waals surface area contributed by atoms with Gasteiger partial charge in [-0.05, 0) is 36.7 Å². The van der Waals surface area contributed by atoms with Crippen molar-refractivity contribution < 1.29 is 13.9 Å². The van der Waals surface area contributed by atoms with Crippen molar-refractivity contribution in [2.75, 3.05) is 24.4 Å². The standard InChI is InChI=1S/C15H16FN5O2S/c1-8-3-14(24-21-8)20-11-5-12(10(16)4-9(11)6-17)19-13(7-23-2)15(18)22/h3-5,13,19-20H,7H2,1-2H3,(H2,18,22). The zero-order valence-electron chi connectivity index (χ0n) is 13.1. The Kier molecular flexibility index (Phi) is 5.68. The Hall–Kier alpha value is -2.70. The lowest BCUT2D eigenvalue weighted by Gasteiger charge is -2.17. The maximum Gasteiger partial charge on any atom is 0.242 e. The normalized spacial score (nSPS) is 11.6. The summed E-state index contributed by atoms with van der Waals surface area (Å²) in [5.41, 5.74) is 6.66. The second kappa shape index (κ2) is 7.72. The SMILES string of the molecule is COCC(Nc1cc(Nc2cc(C)ns2)c(C#N)cc1F)C(N)=O. The summed E-state index contributed by atoms with van der Waals surface area (Å²) in [6, 6.07) is 5.34. The first-order valence-electron chi connectivity index (χ1n) is 6.93. The van der Waals surface area contributed by atoms with Gasteiger partial charge in [-0.25, -0.2) is 4.39 Å². The van der Waals surface area contributed by atoms with Gasteiger partial charge in [0.2, 0.25) is 5.91 Å². The van der Waals surface area contributed by atoms with Gasteiger partial charge in [0.1, 0.15) is 22.9 Å². The molecular weight excluding hydrogens is 333 g/mol. The van der Waals surface area contributed by atoms with Crippen molar-refractivity contribution in [2.45, 2.75) is 13.0 Å². The van der Waals surface area contributed by atoms with E-state index in [2.05, 4.69) is 15.0 Å². The smallest absolute Gasteiger partial charge is 0.242 e. The van der Waals surface area contributed by atoms with Crippen LogP contribution < -0.4 is 16.4 Å². The Morgan fingerprint density at radius 3 is 2.79 bits per heavy atom. The first-order chi connectivity index (χ1) is 11.4. The number of hydrogen-bond donors (Lipinski definition) is 3. The number of carbonyl (C=O) groups excluding carboxylic acids is 1. The number of anilines is 3. The maximum absolute atomic E-state index is 14.2. The Bertz CT molecular complexity index is 787. The molecule has 1 aromatic carbocycles. The van der Waals surface area contributed by atoms with Crippen LogP contribution in [0.2, 0.25) is 0 Å². The number of hydrogen-bond acceptors (Lipinski definition) is 7. The molecular formula is C15H16FN5O2S. The Balaban J connectivity index is 2.33. The summed E-state index contributed by atoms with van der Waals surface area (Å²) in [6.45, 7) is 1.83.